The molecule has 1 aliphatic rings. The molecule has 0 fully saturated rings. The Labute approximate surface area is 123 Å². The monoisotopic (exact) mass is 287 g/mol. The second-order valence-corrected chi connectivity index (χ2v) is 6.36. The molecule has 20 heavy (non-hydrogen) atoms. The van der Waals surface area contributed by atoms with Crippen LogP contribution in [0.15, 0.2) is 53.4 Å². The predicted molar refractivity (Wildman–Crippen MR) is 82.6 cm³/mol. The van der Waals surface area contributed by atoms with Crippen LogP contribution in [0.1, 0.15) is 24.1 Å². The summed E-state index contributed by atoms with van der Waals surface area (Å²) in [6.07, 6.45) is 1.04. The maximum atomic E-state index is 13.3. The summed E-state index contributed by atoms with van der Waals surface area (Å²) in [6.45, 7) is 3.07. The Morgan fingerprint density at radius 1 is 1.20 bits per heavy atom. The molecule has 0 spiro atoms. The fraction of sp³-hybridized carbons (Fsp3) is 0.294. The van der Waals surface area contributed by atoms with Crippen LogP contribution < -0.4 is 5.32 Å². The zero-order chi connectivity index (χ0) is 13.9. The number of rotatable bonds is 4. The first-order valence-corrected chi connectivity index (χ1v) is 7.89. The van der Waals surface area contributed by atoms with Crippen molar-refractivity contribution >= 4 is 11.8 Å². The Hall–Kier alpha value is -1.32. The number of thioether (sulfide) groups is 1. The zero-order valence-corrected chi connectivity index (χ0v) is 12.3. The van der Waals surface area contributed by atoms with E-state index in [1.807, 2.05) is 6.07 Å². The molecule has 2 aromatic carbocycles. The molecule has 0 bridgehead atoms. The van der Waals surface area contributed by atoms with E-state index >= 15 is 0 Å². The van der Waals surface area contributed by atoms with E-state index in [-0.39, 0.29) is 5.82 Å². The SMILES string of the molecule is CCNC1c2ccccc2CC1Sc1cccc(F)c1. The Morgan fingerprint density at radius 3 is 2.85 bits per heavy atom. The van der Waals surface area contributed by atoms with Gasteiger partial charge in [0, 0.05) is 16.2 Å². The molecule has 1 aliphatic carbocycles. The zero-order valence-electron chi connectivity index (χ0n) is 11.5. The topological polar surface area (TPSA) is 12.0 Å². The van der Waals surface area contributed by atoms with Gasteiger partial charge < -0.3 is 5.32 Å². The largest absolute Gasteiger partial charge is 0.309 e. The van der Waals surface area contributed by atoms with E-state index in [2.05, 4.69) is 36.5 Å². The Balaban J connectivity index is 1.83. The van der Waals surface area contributed by atoms with Gasteiger partial charge in [0.25, 0.3) is 0 Å². The molecular formula is C17H18FNS. The van der Waals surface area contributed by atoms with Gasteiger partial charge in [0.2, 0.25) is 0 Å². The minimum Gasteiger partial charge on any atom is -0.309 e. The van der Waals surface area contributed by atoms with Gasteiger partial charge in [-0.05, 0) is 42.3 Å². The number of hydrogen-bond acceptors (Lipinski definition) is 2. The van der Waals surface area contributed by atoms with E-state index in [4.69, 9.17) is 0 Å². The first-order chi connectivity index (χ1) is 9.78. The summed E-state index contributed by atoms with van der Waals surface area (Å²) in [5.74, 6) is -0.162. The standard InChI is InChI=1S/C17H18FNS/c1-2-19-17-15-9-4-3-6-12(15)10-16(17)20-14-8-5-7-13(18)11-14/h3-9,11,16-17,19H,2,10H2,1H3. The maximum Gasteiger partial charge on any atom is 0.124 e. The van der Waals surface area contributed by atoms with Gasteiger partial charge in [0.05, 0.1) is 0 Å². The molecule has 0 saturated carbocycles. The van der Waals surface area contributed by atoms with E-state index < -0.39 is 0 Å². The van der Waals surface area contributed by atoms with Crippen molar-refractivity contribution in [2.24, 2.45) is 0 Å². The smallest absolute Gasteiger partial charge is 0.124 e. The highest BCUT2D eigenvalue weighted by molar-refractivity contribution is 8.00. The summed E-state index contributed by atoms with van der Waals surface area (Å²) in [4.78, 5) is 1.01. The van der Waals surface area contributed by atoms with Crippen LogP contribution in [0.3, 0.4) is 0 Å². The van der Waals surface area contributed by atoms with E-state index in [1.54, 1.807) is 23.9 Å². The molecule has 104 valence electrons. The number of fused-ring (bicyclic) bond motifs is 1. The summed E-state index contributed by atoms with van der Waals surface area (Å²) < 4.78 is 13.3. The normalized spacial score (nSPS) is 20.9. The highest BCUT2D eigenvalue weighted by Crippen LogP contribution is 2.41. The summed E-state index contributed by atoms with van der Waals surface area (Å²) >= 11 is 1.77. The fourth-order valence-corrected chi connectivity index (χ4v) is 4.17. The third kappa shape index (κ3) is 2.74. The van der Waals surface area contributed by atoms with Gasteiger partial charge in [-0.3, -0.25) is 0 Å². The molecule has 0 radical (unpaired) electrons. The maximum absolute atomic E-state index is 13.3. The van der Waals surface area contributed by atoms with Crippen molar-refractivity contribution < 1.29 is 4.39 Å². The molecule has 2 atom stereocenters. The molecule has 0 saturated heterocycles. The van der Waals surface area contributed by atoms with Crippen molar-refractivity contribution in [3.63, 3.8) is 0 Å². The van der Waals surface area contributed by atoms with Crippen molar-refractivity contribution in [2.45, 2.75) is 29.5 Å². The Morgan fingerprint density at radius 2 is 2.05 bits per heavy atom. The van der Waals surface area contributed by atoms with Gasteiger partial charge in [-0.15, -0.1) is 11.8 Å². The quantitative estimate of drug-likeness (QED) is 0.904. The number of benzene rings is 2. The third-order valence-corrected chi connectivity index (χ3v) is 4.96. The average Bonchev–Trinajstić information content (AvgIpc) is 2.77. The summed E-state index contributed by atoms with van der Waals surface area (Å²) in [6, 6.07) is 15.8. The van der Waals surface area contributed by atoms with Gasteiger partial charge in [0.15, 0.2) is 0 Å². The minimum absolute atomic E-state index is 0.162. The first-order valence-electron chi connectivity index (χ1n) is 7.01. The lowest BCUT2D eigenvalue weighted by molar-refractivity contribution is 0.560. The van der Waals surface area contributed by atoms with Crippen molar-refractivity contribution in [1.82, 2.24) is 5.32 Å². The van der Waals surface area contributed by atoms with Gasteiger partial charge in [-0.2, -0.15) is 0 Å². The molecule has 1 N–H and O–H groups in total. The van der Waals surface area contributed by atoms with Crippen LogP contribution >= 0.6 is 11.8 Å². The number of nitrogens with one attached hydrogen (secondary N) is 1. The molecule has 0 aromatic heterocycles. The molecule has 3 rings (SSSR count). The van der Waals surface area contributed by atoms with Gasteiger partial charge in [0.1, 0.15) is 5.82 Å². The Bertz CT molecular complexity index is 599. The first kappa shape index (κ1) is 13.7. The van der Waals surface area contributed by atoms with Crippen LogP contribution in [0, 0.1) is 5.82 Å². The number of halogens is 1. The molecular weight excluding hydrogens is 269 g/mol. The lowest BCUT2D eigenvalue weighted by Gasteiger charge is -2.21. The van der Waals surface area contributed by atoms with E-state index in [0.717, 1.165) is 17.9 Å². The second kappa shape index (κ2) is 5.98. The van der Waals surface area contributed by atoms with Crippen LogP contribution in [0.5, 0.6) is 0 Å². The number of hydrogen-bond donors (Lipinski definition) is 1. The molecule has 0 aliphatic heterocycles. The predicted octanol–water partition coefficient (Wildman–Crippen LogP) is 4.19. The molecule has 2 unspecified atom stereocenters. The second-order valence-electron chi connectivity index (χ2n) is 5.05. The highest BCUT2D eigenvalue weighted by atomic mass is 32.2. The summed E-state index contributed by atoms with van der Waals surface area (Å²) in [5, 5.41) is 4.00. The van der Waals surface area contributed by atoms with Gasteiger partial charge in [-0.1, -0.05) is 37.3 Å². The van der Waals surface area contributed by atoms with Crippen LogP contribution in [-0.2, 0) is 6.42 Å². The highest BCUT2D eigenvalue weighted by Gasteiger charge is 2.32. The van der Waals surface area contributed by atoms with Crippen LogP contribution in [-0.4, -0.2) is 11.8 Å². The molecule has 2 aromatic rings. The lowest BCUT2D eigenvalue weighted by Crippen LogP contribution is -2.26. The van der Waals surface area contributed by atoms with Crippen molar-refractivity contribution in [3.05, 3.63) is 65.5 Å². The molecule has 3 heteroatoms. The van der Waals surface area contributed by atoms with Crippen molar-refractivity contribution in [2.75, 3.05) is 6.54 Å². The van der Waals surface area contributed by atoms with Crippen LogP contribution in [0.2, 0.25) is 0 Å². The van der Waals surface area contributed by atoms with Crippen LogP contribution in [0.4, 0.5) is 4.39 Å². The van der Waals surface area contributed by atoms with Crippen molar-refractivity contribution in [3.8, 4) is 0 Å². The van der Waals surface area contributed by atoms with E-state index in [9.17, 15) is 4.39 Å². The van der Waals surface area contributed by atoms with Crippen LogP contribution in [0.25, 0.3) is 0 Å². The third-order valence-electron chi connectivity index (χ3n) is 3.69. The minimum atomic E-state index is -0.162. The lowest BCUT2D eigenvalue weighted by atomic mass is 10.1. The average molecular weight is 287 g/mol. The Kier molecular flexibility index (Phi) is 4.08. The molecule has 0 heterocycles. The summed E-state index contributed by atoms with van der Waals surface area (Å²) in [5.41, 5.74) is 2.80. The van der Waals surface area contributed by atoms with E-state index in [0.29, 0.717) is 11.3 Å². The molecule has 1 nitrogen and oxygen atoms in total. The van der Waals surface area contributed by atoms with Gasteiger partial charge in [-0.25, -0.2) is 4.39 Å². The fourth-order valence-electron chi connectivity index (χ4n) is 2.84. The molecule has 0 amide bonds. The van der Waals surface area contributed by atoms with E-state index in [1.165, 1.54) is 17.2 Å². The van der Waals surface area contributed by atoms with Gasteiger partial charge >= 0.3 is 0 Å². The van der Waals surface area contributed by atoms with Crippen molar-refractivity contribution in [1.29, 1.82) is 0 Å². The summed E-state index contributed by atoms with van der Waals surface area (Å²) in [7, 11) is 0.